The van der Waals surface area contributed by atoms with Crippen molar-refractivity contribution >= 4 is 5.91 Å². The second-order valence-corrected chi connectivity index (χ2v) is 3.34. The number of amides is 1. The zero-order chi connectivity index (χ0) is 12.3. The summed E-state index contributed by atoms with van der Waals surface area (Å²) in [7, 11) is 0. The molecule has 6 N–H and O–H groups in total. The van der Waals surface area contributed by atoms with Crippen LogP contribution < -0.4 is 5.73 Å². The van der Waals surface area contributed by atoms with E-state index in [1.165, 1.54) is 18.2 Å². The summed E-state index contributed by atoms with van der Waals surface area (Å²) in [6.07, 6.45) is -3.21. The van der Waals surface area contributed by atoms with E-state index in [1.807, 2.05) is 0 Å². The second-order valence-electron chi connectivity index (χ2n) is 3.34. The van der Waals surface area contributed by atoms with Gasteiger partial charge in [0, 0.05) is 5.56 Å². The summed E-state index contributed by atoms with van der Waals surface area (Å²) in [5.41, 5.74) is 5.20. The van der Waals surface area contributed by atoms with Gasteiger partial charge in [-0.2, -0.15) is 0 Å². The Bertz CT molecular complexity index is 393. The molecule has 0 radical (unpaired) electrons. The van der Waals surface area contributed by atoms with E-state index in [0.717, 1.165) is 0 Å². The van der Waals surface area contributed by atoms with E-state index in [9.17, 15) is 20.1 Å². The normalized spacial score (nSPS) is 14.4. The van der Waals surface area contributed by atoms with E-state index < -0.39 is 24.7 Å². The fourth-order valence-electron chi connectivity index (χ4n) is 1.25. The van der Waals surface area contributed by atoms with E-state index >= 15 is 0 Å². The van der Waals surface area contributed by atoms with Crippen LogP contribution in [0.1, 0.15) is 17.2 Å². The zero-order valence-electron chi connectivity index (χ0n) is 8.37. The molecule has 0 aliphatic carbocycles. The number of benzene rings is 1. The fourth-order valence-corrected chi connectivity index (χ4v) is 1.25. The Morgan fingerprint density at radius 3 is 2.50 bits per heavy atom. The van der Waals surface area contributed by atoms with Gasteiger partial charge < -0.3 is 26.2 Å². The molecule has 0 aliphatic heterocycles. The van der Waals surface area contributed by atoms with Crippen LogP contribution in [0.2, 0.25) is 0 Å². The van der Waals surface area contributed by atoms with Crippen molar-refractivity contribution in [2.45, 2.75) is 18.8 Å². The van der Waals surface area contributed by atoms with Crippen LogP contribution in [0.4, 0.5) is 0 Å². The second kappa shape index (κ2) is 4.93. The largest absolute Gasteiger partial charge is 0.508 e. The summed E-state index contributed by atoms with van der Waals surface area (Å²) in [4.78, 5) is 10.6. The van der Waals surface area contributed by atoms with Gasteiger partial charge in [-0.3, -0.25) is 4.79 Å². The summed E-state index contributed by atoms with van der Waals surface area (Å²) in [5, 5.41) is 36.9. The van der Waals surface area contributed by atoms with Crippen molar-refractivity contribution in [2.75, 3.05) is 0 Å². The molecule has 6 heteroatoms. The molecule has 0 saturated heterocycles. The molecule has 0 fully saturated rings. The van der Waals surface area contributed by atoms with E-state index in [-0.39, 0.29) is 16.9 Å². The predicted molar refractivity (Wildman–Crippen MR) is 54.2 cm³/mol. The number of carbonyl (C=O) groups excluding carboxylic acids is 1. The van der Waals surface area contributed by atoms with Crippen molar-refractivity contribution in [3.05, 3.63) is 29.3 Å². The van der Waals surface area contributed by atoms with Crippen molar-refractivity contribution in [1.82, 2.24) is 0 Å². The van der Waals surface area contributed by atoms with Crippen LogP contribution in [0.5, 0.6) is 5.75 Å². The van der Waals surface area contributed by atoms with Gasteiger partial charge in [0.05, 0.1) is 6.61 Å². The van der Waals surface area contributed by atoms with Gasteiger partial charge in [-0.15, -0.1) is 0 Å². The Labute approximate surface area is 91.6 Å². The molecule has 0 bridgehead atoms. The molecule has 0 spiro atoms. The van der Waals surface area contributed by atoms with Crippen LogP contribution in [0, 0.1) is 0 Å². The van der Waals surface area contributed by atoms with E-state index in [1.54, 1.807) is 0 Å². The molecule has 1 amide bonds. The highest BCUT2D eigenvalue weighted by Crippen LogP contribution is 2.24. The maximum Gasteiger partial charge on any atom is 0.249 e. The topological polar surface area (TPSA) is 124 Å². The molecule has 2 atom stereocenters. The first kappa shape index (κ1) is 12.4. The Balaban J connectivity index is 3.00. The molecule has 0 heterocycles. The van der Waals surface area contributed by atoms with Gasteiger partial charge in [0.1, 0.15) is 11.9 Å². The van der Waals surface area contributed by atoms with Gasteiger partial charge in [0.15, 0.2) is 6.10 Å². The molecule has 1 aromatic carbocycles. The number of phenols is 1. The number of nitrogens with two attached hydrogens (primary N) is 1. The quantitative estimate of drug-likeness (QED) is 0.440. The Kier molecular flexibility index (Phi) is 3.83. The number of carbonyl (C=O) groups is 1. The zero-order valence-corrected chi connectivity index (χ0v) is 8.37. The molecular formula is C10H13NO5. The van der Waals surface area contributed by atoms with Crippen LogP contribution in [-0.2, 0) is 11.4 Å². The highest BCUT2D eigenvalue weighted by atomic mass is 16.3. The molecule has 0 aromatic heterocycles. The van der Waals surface area contributed by atoms with Crippen LogP contribution in [0.25, 0.3) is 0 Å². The number of hydrogen-bond donors (Lipinski definition) is 5. The fraction of sp³-hybridized carbons (Fsp3) is 0.300. The summed E-state index contributed by atoms with van der Waals surface area (Å²) in [6, 6.07) is 3.86. The first-order chi connectivity index (χ1) is 7.47. The van der Waals surface area contributed by atoms with Crippen LogP contribution >= 0.6 is 0 Å². The number of primary amides is 1. The maximum absolute atomic E-state index is 10.6. The van der Waals surface area contributed by atoms with E-state index in [4.69, 9.17) is 10.8 Å². The lowest BCUT2D eigenvalue weighted by Crippen LogP contribution is -2.33. The monoisotopic (exact) mass is 227 g/mol. The third-order valence-electron chi connectivity index (χ3n) is 2.21. The molecular weight excluding hydrogens is 214 g/mol. The standard InChI is InChI=1S/C10H13NO5/c11-10(16)9(15)8(14)5-1-2-7(13)6(3-5)4-12/h1-3,8-9,12-15H,4H2,(H2,11,16). The average Bonchev–Trinajstić information content (AvgIpc) is 2.27. The van der Waals surface area contributed by atoms with Gasteiger partial charge >= 0.3 is 0 Å². The van der Waals surface area contributed by atoms with E-state index in [2.05, 4.69) is 0 Å². The smallest absolute Gasteiger partial charge is 0.249 e. The molecule has 6 nitrogen and oxygen atoms in total. The Morgan fingerprint density at radius 1 is 1.38 bits per heavy atom. The number of aromatic hydroxyl groups is 1. The van der Waals surface area contributed by atoms with Gasteiger partial charge in [-0.1, -0.05) is 6.07 Å². The summed E-state index contributed by atoms with van der Waals surface area (Å²) < 4.78 is 0. The SMILES string of the molecule is NC(=O)C(O)C(O)c1ccc(O)c(CO)c1. The summed E-state index contributed by atoms with van der Waals surface area (Å²) >= 11 is 0. The predicted octanol–water partition coefficient (Wildman–Crippen LogP) is -1.24. The highest BCUT2D eigenvalue weighted by molar-refractivity contribution is 5.79. The van der Waals surface area contributed by atoms with Crippen LogP contribution in [0.3, 0.4) is 0 Å². The highest BCUT2D eigenvalue weighted by Gasteiger charge is 2.23. The van der Waals surface area contributed by atoms with Gasteiger partial charge in [0.2, 0.25) is 5.91 Å². The minimum atomic E-state index is -1.73. The van der Waals surface area contributed by atoms with Gasteiger partial charge in [0.25, 0.3) is 0 Å². The van der Waals surface area contributed by atoms with Crippen LogP contribution in [-0.4, -0.2) is 32.4 Å². The van der Waals surface area contributed by atoms with Gasteiger partial charge in [-0.05, 0) is 17.7 Å². The summed E-state index contributed by atoms with van der Waals surface area (Å²) in [5.74, 6) is -1.18. The first-order valence-electron chi connectivity index (χ1n) is 4.55. The van der Waals surface area contributed by atoms with E-state index in [0.29, 0.717) is 0 Å². The molecule has 0 aliphatic rings. The Hall–Kier alpha value is -1.63. The lowest BCUT2D eigenvalue weighted by molar-refractivity contribution is -0.131. The number of hydrogen-bond acceptors (Lipinski definition) is 5. The molecule has 0 saturated carbocycles. The van der Waals surface area contributed by atoms with Crippen molar-refractivity contribution < 1.29 is 25.2 Å². The minimum Gasteiger partial charge on any atom is -0.508 e. The summed E-state index contributed by atoms with van der Waals surface area (Å²) in [6.45, 7) is -0.418. The number of aliphatic hydroxyl groups is 3. The Morgan fingerprint density at radius 2 is 2.00 bits per heavy atom. The first-order valence-corrected chi connectivity index (χ1v) is 4.55. The van der Waals surface area contributed by atoms with Gasteiger partial charge in [-0.25, -0.2) is 0 Å². The minimum absolute atomic E-state index is 0.132. The maximum atomic E-state index is 10.6. The molecule has 1 rings (SSSR count). The molecule has 88 valence electrons. The molecule has 16 heavy (non-hydrogen) atoms. The lowest BCUT2D eigenvalue weighted by atomic mass is 10.0. The number of rotatable bonds is 4. The third-order valence-corrected chi connectivity index (χ3v) is 2.21. The van der Waals surface area contributed by atoms with Crippen molar-refractivity contribution in [3.63, 3.8) is 0 Å². The molecule has 2 unspecified atom stereocenters. The third kappa shape index (κ3) is 2.48. The number of aliphatic hydroxyl groups excluding tert-OH is 3. The van der Waals surface area contributed by atoms with Crippen molar-refractivity contribution in [3.8, 4) is 5.75 Å². The molecule has 1 aromatic rings. The average molecular weight is 227 g/mol. The van der Waals surface area contributed by atoms with Crippen molar-refractivity contribution in [1.29, 1.82) is 0 Å². The lowest BCUT2D eigenvalue weighted by Gasteiger charge is -2.16. The van der Waals surface area contributed by atoms with Crippen LogP contribution in [0.15, 0.2) is 18.2 Å². The van der Waals surface area contributed by atoms with Crippen molar-refractivity contribution in [2.24, 2.45) is 5.73 Å².